The SMILES string of the molecule is CCCCC1=NN2C(=N)/C(=C\c3cccn3-c3ccc([N+](=O)[O-])cc3C)C(=O)N=C2S1. The van der Waals surface area contributed by atoms with Gasteiger partial charge in [-0.2, -0.15) is 15.1 Å². The van der Waals surface area contributed by atoms with E-state index in [4.69, 9.17) is 5.41 Å². The third-order valence-electron chi connectivity index (χ3n) is 4.96. The topological polar surface area (TPSA) is 117 Å². The van der Waals surface area contributed by atoms with Gasteiger partial charge in [0.2, 0.25) is 5.17 Å². The Balaban J connectivity index is 1.68. The first-order chi connectivity index (χ1) is 14.9. The van der Waals surface area contributed by atoms with Crippen molar-refractivity contribution < 1.29 is 9.72 Å². The zero-order valence-corrected chi connectivity index (χ0v) is 17.8. The zero-order chi connectivity index (χ0) is 22.1. The summed E-state index contributed by atoms with van der Waals surface area (Å²) in [6.07, 6.45) is 6.22. The molecule has 1 N–H and O–H groups in total. The molecule has 1 amide bonds. The molecule has 0 unspecified atom stereocenters. The standard InChI is InChI=1S/C21H20N6O3S/c1-3-4-7-18-24-26-19(22)16(20(28)23-21(26)31-18)12-14-6-5-10-25(14)17-9-8-15(27(29)30)11-13(17)2/h5-6,8-12,22H,3-4,7H2,1-2H3/b16-12+,22-19?. The van der Waals surface area contributed by atoms with Crippen molar-refractivity contribution in [3.05, 3.63) is 63.5 Å². The number of aryl methyl sites for hydroxylation is 1. The van der Waals surface area contributed by atoms with Crippen molar-refractivity contribution in [3.63, 3.8) is 0 Å². The fourth-order valence-electron chi connectivity index (χ4n) is 3.36. The molecule has 1 aromatic carbocycles. The monoisotopic (exact) mass is 436 g/mol. The number of aliphatic imine (C=N–C) groups is 1. The van der Waals surface area contributed by atoms with Gasteiger partial charge in [0.1, 0.15) is 5.04 Å². The van der Waals surface area contributed by atoms with Crippen LogP contribution in [0.25, 0.3) is 11.8 Å². The van der Waals surface area contributed by atoms with Crippen LogP contribution in [0, 0.1) is 22.4 Å². The molecule has 1 aromatic heterocycles. The van der Waals surface area contributed by atoms with E-state index >= 15 is 0 Å². The summed E-state index contributed by atoms with van der Waals surface area (Å²) >= 11 is 1.33. The van der Waals surface area contributed by atoms with Gasteiger partial charge < -0.3 is 4.57 Å². The second-order valence-electron chi connectivity index (χ2n) is 7.15. The summed E-state index contributed by atoms with van der Waals surface area (Å²) in [7, 11) is 0. The highest BCUT2D eigenvalue weighted by Crippen LogP contribution is 2.30. The van der Waals surface area contributed by atoms with Crippen molar-refractivity contribution in [2.45, 2.75) is 33.1 Å². The van der Waals surface area contributed by atoms with Crippen molar-refractivity contribution in [1.82, 2.24) is 9.58 Å². The first-order valence-corrected chi connectivity index (χ1v) is 10.6. The van der Waals surface area contributed by atoms with E-state index in [1.54, 1.807) is 25.3 Å². The number of nitro benzene ring substituents is 1. The third-order valence-corrected chi connectivity index (χ3v) is 5.93. The minimum atomic E-state index is -0.483. The summed E-state index contributed by atoms with van der Waals surface area (Å²) in [4.78, 5) is 27.4. The number of non-ortho nitro benzene ring substituents is 1. The van der Waals surface area contributed by atoms with Crippen LogP contribution in [0.3, 0.4) is 0 Å². The van der Waals surface area contributed by atoms with E-state index in [1.165, 1.54) is 28.9 Å². The van der Waals surface area contributed by atoms with E-state index in [2.05, 4.69) is 17.0 Å². The number of benzene rings is 1. The van der Waals surface area contributed by atoms with Crippen LogP contribution in [0.4, 0.5) is 5.69 Å². The minimum Gasteiger partial charge on any atom is -0.317 e. The Hall–Kier alpha value is -3.53. The van der Waals surface area contributed by atoms with Gasteiger partial charge in [0.25, 0.3) is 11.6 Å². The second kappa shape index (κ2) is 8.31. The van der Waals surface area contributed by atoms with Crippen molar-refractivity contribution in [2.24, 2.45) is 10.1 Å². The third kappa shape index (κ3) is 3.93. The van der Waals surface area contributed by atoms with E-state index < -0.39 is 10.8 Å². The first-order valence-electron chi connectivity index (χ1n) is 9.81. The molecule has 10 heteroatoms. The number of amidine groups is 2. The van der Waals surface area contributed by atoms with Crippen molar-refractivity contribution in [3.8, 4) is 5.69 Å². The Labute approximate surface area is 182 Å². The number of aromatic nitrogens is 1. The maximum Gasteiger partial charge on any atom is 0.283 e. The highest BCUT2D eigenvalue weighted by Gasteiger charge is 2.35. The average molecular weight is 436 g/mol. The number of carbonyl (C=O) groups excluding carboxylic acids is 1. The molecule has 9 nitrogen and oxygen atoms in total. The summed E-state index contributed by atoms with van der Waals surface area (Å²) in [5.74, 6) is -0.494. The molecule has 0 fully saturated rings. The fraction of sp³-hybridized carbons (Fsp3) is 0.238. The molecule has 0 aliphatic carbocycles. The quantitative estimate of drug-likeness (QED) is 0.406. The number of amides is 1. The molecule has 0 saturated heterocycles. The van der Waals surface area contributed by atoms with Gasteiger partial charge in [0.15, 0.2) is 5.84 Å². The lowest BCUT2D eigenvalue weighted by Gasteiger charge is -2.20. The van der Waals surface area contributed by atoms with Crippen molar-refractivity contribution in [1.29, 1.82) is 5.41 Å². The Bertz CT molecular complexity index is 1190. The highest BCUT2D eigenvalue weighted by atomic mass is 32.2. The first kappa shape index (κ1) is 20.7. The minimum absolute atomic E-state index is 0.0119. The predicted molar refractivity (Wildman–Crippen MR) is 122 cm³/mol. The van der Waals surface area contributed by atoms with Crippen LogP contribution in [0.15, 0.2) is 52.2 Å². The molecule has 31 heavy (non-hydrogen) atoms. The molecule has 2 aliphatic heterocycles. The fourth-order valence-corrected chi connectivity index (χ4v) is 4.29. The van der Waals surface area contributed by atoms with Crippen LogP contribution in [0.1, 0.15) is 37.4 Å². The summed E-state index contributed by atoms with van der Waals surface area (Å²) in [6, 6.07) is 8.23. The predicted octanol–water partition coefficient (Wildman–Crippen LogP) is 4.50. The molecule has 158 valence electrons. The van der Waals surface area contributed by atoms with Gasteiger partial charge in [-0.05, 0) is 61.4 Å². The normalized spacial score (nSPS) is 17.1. The van der Waals surface area contributed by atoms with Crippen molar-refractivity contribution >= 4 is 45.5 Å². The molecule has 4 rings (SSSR count). The van der Waals surface area contributed by atoms with Gasteiger partial charge >= 0.3 is 0 Å². The zero-order valence-electron chi connectivity index (χ0n) is 17.0. The second-order valence-corrected chi connectivity index (χ2v) is 8.19. The Kier molecular flexibility index (Phi) is 5.55. The van der Waals surface area contributed by atoms with Crippen LogP contribution < -0.4 is 0 Å². The molecule has 3 heterocycles. The van der Waals surface area contributed by atoms with Crippen LogP contribution >= 0.6 is 11.8 Å². The number of nitro groups is 1. The van der Waals surface area contributed by atoms with E-state index in [9.17, 15) is 14.9 Å². The van der Waals surface area contributed by atoms with Crippen LogP contribution in [0.5, 0.6) is 0 Å². The molecule has 2 aliphatic rings. The van der Waals surface area contributed by atoms with Gasteiger partial charge in [-0.25, -0.2) is 0 Å². The molecule has 0 spiro atoms. The Morgan fingerprint density at radius 2 is 2.13 bits per heavy atom. The smallest absolute Gasteiger partial charge is 0.283 e. The number of unbranched alkanes of at least 4 members (excludes halogenated alkanes) is 1. The number of hydrazone groups is 1. The molecular formula is C21H20N6O3S. The number of hydrogen-bond acceptors (Lipinski definition) is 6. The highest BCUT2D eigenvalue weighted by molar-refractivity contribution is 8.26. The van der Waals surface area contributed by atoms with E-state index in [0.717, 1.165) is 35.6 Å². The molecule has 0 saturated carbocycles. The van der Waals surface area contributed by atoms with Crippen LogP contribution in [-0.4, -0.2) is 36.5 Å². The largest absolute Gasteiger partial charge is 0.317 e. The van der Waals surface area contributed by atoms with Crippen molar-refractivity contribution in [2.75, 3.05) is 0 Å². The number of carbonyl (C=O) groups is 1. The van der Waals surface area contributed by atoms with E-state index in [-0.39, 0.29) is 17.1 Å². The van der Waals surface area contributed by atoms with Gasteiger partial charge in [-0.15, -0.1) is 0 Å². The summed E-state index contributed by atoms with van der Waals surface area (Å²) < 4.78 is 1.82. The average Bonchev–Trinajstić information content (AvgIpc) is 3.36. The van der Waals surface area contributed by atoms with Crippen LogP contribution in [0.2, 0.25) is 0 Å². The number of thioether (sulfide) groups is 1. The number of hydrogen-bond donors (Lipinski definition) is 1. The molecule has 0 bridgehead atoms. The summed E-state index contributed by atoms with van der Waals surface area (Å²) in [5.41, 5.74) is 2.28. The van der Waals surface area contributed by atoms with Crippen LogP contribution in [-0.2, 0) is 4.79 Å². The number of nitrogens with one attached hydrogen (secondary N) is 1. The van der Waals surface area contributed by atoms with Gasteiger partial charge in [-0.1, -0.05) is 13.3 Å². The molecule has 0 radical (unpaired) electrons. The van der Waals surface area contributed by atoms with Gasteiger partial charge in [0.05, 0.1) is 10.5 Å². The Morgan fingerprint density at radius 1 is 1.32 bits per heavy atom. The number of nitrogens with zero attached hydrogens (tertiary/aromatic N) is 5. The van der Waals surface area contributed by atoms with Gasteiger partial charge in [0, 0.05) is 29.7 Å². The maximum absolute atomic E-state index is 12.7. The molecular weight excluding hydrogens is 416 g/mol. The maximum atomic E-state index is 12.7. The number of fused-ring (bicyclic) bond motifs is 1. The molecule has 2 aromatic rings. The number of rotatable bonds is 6. The summed E-state index contributed by atoms with van der Waals surface area (Å²) in [5, 5.41) is 26.7. The lowest BCUT2D eigenvalue weighted by molar-refractivity contribution is -0.384. The lowest BCUT2D eigenvalue weighted by Crippen LogP contribution is -2.35. The molecule has 0 atom stereocenters. The summed E-state index contributed by atoms with van der Waals surface area (Å²) in [6.45, 7) is 3.89. The van der Waals surface area contributed by atoms with E-state index in [0.29, 0.717) is 10.9 Å². The lowest BCUT2D eigenvalue weighted by atomic mass is 10.1. The Morgan fingerprint density at radius 3 is 2.84 bits per heavy atom. The van der Waals surface area contributed by atoms with Gasteiger partial charge in [-0.3, -0.25) is 20.3 Å². The van der Waals surface area contributed by atoms with E-state index in [1.807, 2.05) is 16.7 Å².